The molecule has 0 fully saturated rings. The fourth-order valence-corrected chi connectivity index (χ4v) is 1.88. The number of rotatable bonds is 4. The van der Waals surface area contributed by atoms with Gasteiger partial charge in [-0.3, -0.25) is 0 Å². The number of ether oxygens (including phenoxy) is 1. The van der Waals surface area contributed by atoms with Crippen molar-refractivity contribution in [3.8, 4) is 0 Å². The number of hydrogen-bond acceptors (Lipinski definition) is 4. The van der Waals surface area contributed by atoms with Crippen LogP contribution in [0.1, 0.15) is 6.92 Å². The highest BCUT2D eigenvalue weighted by atomic mass is 32.2. The molecule has 1 unspecified atom stereocenters. The maximum atomic E-state index is 11.6. The average Bonchev–Trinajstić information content (AvgIpc) is 1.95. The van der Waals surface area contributed by atoms with E-state index in [4.69, 9.17) is 0 Å². The van der Waals surface area contributed by atoms with Crippen molar-refractivity contribution < 1.29 is 31.1 Å². The monoisotopic (exact) mass is 263 g/mol. The number of sulfone groups is 1. The van der Waals surface area contributed by atoms with Gasteiger partial charge in [-0.1, -0.05) is 0 Å². The van der Waals surface area contributed by atoms with Gasteiger partial charge in [0.05, 0.1) is 5.75 Å². The van der Waals surface area contributed by atoms with Crippen LogP contribution in [0.2, 0.25) is 0 Å². The van der Waals surface area contributed by atoms with Crippen molar-refractivity contribution in [1.29, 1.82) is 0 Å². The van der Waals surface area contributed by atoms with Crippen LogP contribution < -0.4 is 5.32 Å². The van der Waals surface area contributed by atoms with Crippen LogP contribution in [0.15, 0.2) is 0 Å². The number of amides is 1. The van der Waals surface area contributed by atoms with Crippen LogP contribution in [-0.4, -0.2) is 45.3 Å². The fourth-order valence-electron chi connectivity index (χ4n) is 0.886. The molecule has 1 N–H and O–H groups in total. The molecule has 16 heavy (non-hydrogen) atoms. The zero-order valence-corrected chi connectivity index (χ0v) is 9.48. The standard InChI is InChI=1S/C7H12F3NO4S/c1-5(3-16(2,13)14)11-6(12)15-4-7(8,9)10/h5H,3-4H2,1-2H3,(H,11,12). The van der Waals surface area contributed by atoms with Gasteiger partial charge in [-0.05, 0) is 6.92 Å². The normalized spacial score (nSPS) is 14.3. The number of carbonyl (C=O) groups excluding carboxylic acids is 1. The quantitative estimate of drug-likeness (QED) is 0.810. The molecule has 0 aromatic heterocycles. The molecule has 0 saturated carbocycles. The zero-order chi connectivity index (χ0) is 13.0. The topological polar surface area (TPSA) is 72.5 Å². The molecule has 0 spiro atoms. The molecule has 0 saturated heterocycles. The van der Waals surface area contributed by atoms with Crippen molar-refractivity contribution in [2.45, 2.75) is 19.1 Å². The second-order valence-corrected chi connectivity index (χ2v) is 5.51. The maximum absolute atomic E-state index is 11.6. The summed E-state index contributed by atoms with van der Waals surface area (Å²) < 4.78 is 60.2. The van der Waals surface area contributed by atoms with Crippen molar-refractivity contribution in [3.63, 3.8) is 0 Å². The lowest BCUT2D eigenvalue weighted by Gasteiger charge is -2.13. The molecule has 96 valence electrons. The highest BCUT2D eigenvalue weighted by Crippen LogP contribution is 2.14. The summed E-state index contributed by atoms with van der Waals surface area (Å²) in [7, 11) is -3.30. The molecule has 0 aromatic rings. The van der Waals surface area contributed by atoms with Gasteiger partial charge in [-0.2, -0.15) is 13.2 Å². The summed E-state index contributed by atoms with van der Waals surface area (Å²) in [5, 5.41) is 1.97. The van der Waals surface area contributed by atoms with Crippen LogP contribution in [0.3, 0.4) is 0 Å². The van der Waals surface area contributed by atoms with E-state index < -0.39 is 34.8 Å². The second kappa shape index (κ2) is 5.37. The third-order valence-electron chi connectivity index (χ3n) is 1.28. The molecule has 0 heterocycles. The summed E-state index contributed by atoms with van der Waals surface area (Å²) in [6, 6.07) is -0.810. The molecule has 0 aliphatic heterocycles. The average molecular weight is 263 g/mol. The van der Waals surface area contributed by atoms with Gasteiger partial charge in [0, 0.05) is 12.3 Å². The second-order valence-electron chi connectivity index (χ2n) is 3.33. The van der Waals surface area contributed by atoms with Gasteiger partial charge >= 0.3 is 12.3 Å². The first-order chi connectivity index (χ1) is 6.99. The van der Waals surface area contributed by atoms with Gasteiger partial charge in [0.1, 0.15) is 9.84 Å². The predicted octanol–water partition coefficient (Wildman–Crippen LogP) is 0.708. The van der Waals surface area contributed by atoms with E-state index in [2.05, 4.69) is 4.74 Å². The van der Waals surface area contributed by atoms with E-state index in [1.54, 1.807) is 0 Å². The minimum Gasteiger partial charge on any atom is -0.440 e. The van der Waals surface area contributed by atoms with E-state index in [1.165, 1.54) is 6.92 Å². The lowest BCUT2D eigenvalue weighted by atomic mass is 10.4. The Labute approximate surface area is 90.9 Å². The highest BCUT2D eigenvalue weighted by molar-refractivity contribution is 7.90. The first-order valence-electron chi connectivity index (χ1n) is 4.17. The summed E-state index contributed by atoms with van der Waals surface area (Å²) in [6.45, 7) is -0.361. The molecule has 0 aliphatic carbocycles. The van der Waals surface area contributed by atoms with Crippen LogP contribution in [0.4, 0.5) is 18.0 Å². The maximum Gasteiger partial charge on any atom is 0.422 e. The Kier molecular flexibility index (Phi) is 5.04. The largest absolute Gasteiger partial charge is 0.440 e. The van der Waals surface area contributed by atoms with E-state index in [-0.39, 0.29) is 5.75 Å². The number of alkyl carbamates (subject to hydrolysis) is 1. The lowest BCUT2D eigenvalue weighted by molar-refractivity contribution is -0.160. The van der Waals surface area contributed by atoms with Gasteiger partial charge in [0.15, 0.2) is 6.61 Å². The molecular formula is C7H12F3NO4S. The number of halogens is 3. The molecule has 1 amide bonds. The van der Waals surface area contributed by atoms with Crippen LogP contribution in [0.5, 0.6) is 0 Å². The van der Waals surface area contributed by atoms with E-state index in [0.29, 0.717) is 0 Å². The van der Waals surface area contributed by atoms with Crippen LogP contribution in [-0.2, 0) is 14.6 Å². The van der Waals surface area contributed by atoms with Gasteiger partial charge < -0.3 is 10.1 Å². The Morgan fingerprint density at radius 1 is 1.44 bits per heavy atom. The number of hydrogen-bond donors (Lipinski definition) is 1. The van der Waals surface area contributed by atoms with E-state index in [1.807, 2.05) is 5.32 Å². The number of alkyl halides is 3. The minimum atomic E-state index is -4.60. The summed E-state index contributed by atoms with van der Waals surface area (Å²) in [4.78, 5) is 10.8. The molecule has 5 nitrogen and oxygen atoms in total. The lowest BCUT2D eigenvalue weighted by Crippen LogP contribution is -2.39. The Bertz CT molecular complexity index is 338. The molecular weight excluding hydrogens is 251 g/mol. The van der Waals surface area contributed by atoms with Crippen molar-refractivity contribution in [2.75, 3.05) is 18.6 Å². The number of carbonyl (C=O) groups is 1. The summed E-state index contributed by atoms with van der Waals surface area (Å²) in [6.07, 6.45) is -4.95. The Morgan fingerprint density at radius 2 is 1.94 bits per heavy atom. The highest BCUT2D eigenvalue weighted by Gasteiger charge is 2.29. The zero-order valence-electron chi connectivity index (χ0n) is 8.67. The number of nitrogens with one attached hydrogen (secondary N) is 1. The van der Waals surface area contributed by atoms with Crippen molar-refractivity contribution in [2.24, 2.45) is 0 Å². The van der Waals surface area contributed by atoms with Crippen LogP contribution in [0.25, 0.3) is 0 Å². The van der Waals surface area contributed by atoms with Gasteiger partial charge in [-0.25, -0.2) is 13.2 Å². The van der Waals surface area contributed by atoms with Crippen LogP contribution >= 0.6 is 0 Å². The van der Waals surface area contributed by atoms with Gasteiger partial charge in [-0.15, -0.1) is 0 Å². The van der Waals surface area contributed by atoms with E-state index in [9.17, 15) is 26.4 Å². The molecule has 1 atom stereocenters. The third kappa shape index (κ3) is 9.56. The van der Waals surface area contributed by atoms with Crippen molar-refractivity contribution in [3.05, 3.63) is 0 Å². The van der Waals surface area contributed by atoms with Gasteiger partial charge in [0.25, 0.3) is 0 Å². The molecule has 9 heteroatoms. The predicted molar refractivity (Wildman–Crippen MR) is 49.7 cm³/mol. The minimum absolute atomic E-state index is 0.367. The Balaban J connectivity index is 3.97. The first-order valence-corrected chi connectivity index (χ1v) is 6.23. The Morgan fingerprint density at radius 3 is 2.31 bits per heavy atom. The molecule has 0 rings (SSSR count). The summed E-state index contributed by atoms with van der Waals surface area (Å²) in [5.41, 5.74) is 0. The SMILES string of the molecule is CC(CS(C)(=O)=O)NC(=O)OCC(F)(F)F. The van der Waals surface area contributed by atoms with Crippen LogP contribution in [0, 0.1) is 0 Å². The third-order valence-corrected chi connectivity index (χ3v) is 2.39. The molecule has 0 aromatic carbocycles. The fraction of sp³-hybridized carbons (Fsp3) is 0.857. The molecule has 0 aliphatic rings. The van der Waals surface area contributed by atoms with E-state index in [0.717, 1.165) is 6.26 Å². The van der Waals surface area contributed by atoms with Crippen molar-refractivity contribution in [1.82, 2.24) is 5.32 Å². The van der Waals surface area contributed by atoms with Gasteiger partial charge in [0.2, 0.25) is 0 Å². The molecule has 0 bridgehead atoms. The summed E-state index contributed by atoms with van der Waals surface area (Å²) in [5.74, 6) is -0.367. The molecule has 0 radical (unpaired) electrons. The smallest absolute Gasteiger partial charge is 0.422 e. The first kappa shape index (κ1) is 15.0. The van der Waals surface area contributed by atoms with E-state index >= 15 is 0 Å². The Hall–Kier alpha value is -0.990. The van der Waals surface area contributed by atoms with Crippen molar-refractivity contribution >= 4 is 15.9 Å². The summed E-state index contributed by atoms with van der Waals surface area (Å²) >= 11 is 0.